The summed E-state index contributed by atoms with van der Waals surface area (Å²) in [7, 11) is -0.823. The molecule has 7 heteroatoms. The molecular formula is C27H46O6Si. The second kappa shape index (κ2) is 18.6. The van der Waals surface area contributed by atoms with E-state index in [0.717, 1.165) is 74.3 Å². The largest absolute Gasteiger partial charge is 0.500 e. The van der Waals surface area contributed by atoms with Gasteiger partial charge in [-0.3, -0.25) is 0 Å². The molecule has 0 radical (unpaired) electrons. The maximum absolute atomic E-state index is 12.0. The first kappa shape index (κ1) is 30.4. The zero-order valence-corrected chi connectivity index (χ0v) is 23.0. The summed E-state index contributed by atoms with van der Waals surface area (Å²) in [6.07, 6.45) is 11.7. The minimum absolute atomic E-state index is 0.295. The van der Waals surface area contributed by atoms with Gasteiger partial charge in [0.2, 0.25) is 0 Å². The molecule has 0 aliphatic rings. The summed E-state index contributed by atoms with van der Waals surface area (Å²) in [4.78, 5) is 12.0. The molecule has 0 bridgehead atoms. The Balaban J connectivity index is 2.22. The molecule has 1 aromatic carbocycles. The van der Waals surface area contributed by atoms with Crippen molar-refractivity contribution >= 4 is 20.8 Å². The third kappa shape index (κ3) is 12.2. The molecule has 0 spiro atoms. The number of hydrogen-bond acceptors (Lipinski definition) is 6. The van der Waals surface area contributed by atoms with Crippen LogP contribution in [0.3, 0.4) is 0 Å². The lowest BCUT2D eigenvalue weighted by Crippen LogP contribution is -2.45. The van der Waals surface area contributed by atoms with Crippen molar-refractivity contribution in [3.05, 3.63) is 35.4 Å². The quantitative estimate of drug-likeness (QED) is 0.0881. The highest BCUT2D eigenvalue weighted by molar-refractivity contribution is 6.60. The molecule has 6 nitrogen and oxygen atoms in total. The van der Waals surface area contributed by atoms with Gasteiger partial charge in [0, 0.05) is 31.9 Å². The lowest BCUT2D eigenvalue weighted by Gasteiger charge is -2.28. The van der Waals surface area contributed by atoms with Crippen molar-refractivity contribution in [1.82, 2.24) is 0 Å². The van der Waals surface area contributed by atoms with Crippen LogP contribution in [0, 0.1) is 0 Å². The Hall–Kier alpha value is -1.67. The summed E-state index contributed by atoms with van der Waals surface area (Å²) in [5, 5.41) is 0. The molecule has 0 aliphatic heterocycles. The highest BCUT2D eigenvalue weighted by Gasteiger charge is 2.39. The van der Waals surface area contributed by atoms with Crippen LogP contribution in [0.25, 0.3) is 6.08 Å². The van der Waals surface area contributed by atoms with Crippen molar-refractivity contribution in [3.8, 4) is 5.75 Å². The van der Waals surface area contributed by atoms with Gasteiger partial charge in [-0.2, -0.15) is 0 Å². The Morgan fingerprint density at radius 2 is 1.50 bits per heavy atom. The van der Waals surface area contributed by atoms with E-state index < -0.39 is 8.80 Å². The van der Waals surface area contributed by atoms with Gasteiger partial charge in [-0.25, -0.2) is 4.79 Å². The normalized spacial score (nSPS) is 11.8. The van der Waals surface area contributed by atoms with E-state index in [-0.39, 0.29) is 5.97 Å². The third-order valence-electron chi connectivity index (χ3n) is 5.45. The fraction of sp³-hybridized carbons (Fsp3) is 0.667. The van der Waals surface area contributed by atoms with Crippen LogP contribution in [0.15, 0.2) is 24.3 Å². The van der Waals surface area contributed by atoms with Crippen LogP contribution in [-0.4, -0.2) is 48.3 Å². The van der Waals surface area contributed by atoms with Gasteiger partial charge < -0.3 is 22.8 Å². The summed E-state index contributed by atoms with van der Waals surface area (Å²) < 4.78 is 28.5. The minimum Gasteiger partial charge on any atom is -0.496 e. The summed E-state index contributed by atoms with van der Waals surface area (Å²) in [5.41, 5.74) is 2.13. The number of methoxy groups -OCH3 is 1. The molecule has 0 heterocycles. The average Bonchev–Trinajstić information content (AvgIpc) is 2.82. The average molecular weight is 495 g/mol. The number of aryl methyl sites for hydroxylation is 1. The molecule has 194 valence electrons. The number of unbranched alkanes of at least 4 members (excludes halogenated alkanes) is 5. The molecule has 1 aromatic rings. The monoisotopic (exact) mass is 494 g/mol. The van der Waals surface area contributed by atoms with Gasteiger partial charge in [0.1, 0.15) is 5.75 Å². The van der Waals surface area contributed by atoms with Gasteiger partial charge in [-0.15, -0.1) is 0 Å². The van der Waals surface area contributed by atoms with E-state index in [1.165, 1.54) is 6.08 Å². The van der Waals surface area contributed by atoms with Gasteiger partial charge in [0.15, 0.2) is 0 Å². The summed E-state index contributed by atoms with van der Waals surface area (Å²) in [6.45, 7) is 10.4. The Bertz CT molecular complexity index is 689. The van der Waals surface area contributed by atoms with E-state index in [1.807, 2.05) is 32.9 Å². The molecule has 0 N–H and O–H groups in total. The molecule has 0 aliphatic carbocycles. The summed E-state index contributed by atoms with van der Waals surface area (Å²) >= 11 is 0. The van der Waals surface area contributed by atoms with Crippen molar-refractivity contribution in [2.24, 2.45) is 0 Å². The lowest BCUT2D eigenvalue weighted by atomic mass is 10.1. The van der Waals surface area contributed by atoms with Crippen LogP contribution in [-0.2, 0) is 29.2 Å². The summed E-state index contributed by atoms with van der Waals surface area (Å²) in [6, 6.07) is 6.84. The van der Waals surface area contributed by atoms with Gasteiger partial charge in [0.25, 0.3) is 0 Å². The molecule has 0 saturated heterocycles. The molecule has 0 atom stereocenters. The Morgan fingerprint density at radius 3 is 2.09 bits per heavy atom. The van der Waals surface area contributed by atoms with E-state index in [9.17, 15) is 4.79 Å². The van der Waals surface area contributed by atoms with Gasteiger partial charge in [0.05, 0.1) is 13.7 Å². The zero-order valence-electron chi connectivity index (χ0n) is 22.0. The number of carbonyl (C=O) groups excluding carboxylic acids is 1. The zero-order chi connectivity index (χ0) is 25.1. The van der Waals surface area contributed by atoms with Gasteiger partial charge in [-0.1, -0.05) is 45.1 Å². The standard InChI is InChI=1S/C27H46O6Si/c1-6-16-25-23-24(17-19-26(25)29-5)18-20-27(28)30-21-14-12-10-11-13-15-22-34(31-7-2,32-8-3)33-9-4/h17-20,23H,6-16,21-22H2,1-5H3/b20-18+. The topological polar surface area (TPSA) is 63.2 Å². The molecule has 34 heavy (non-hydrogen) atoms. The highest BCUT2D eigenvalue weighted by atomic mass is 28.4. The fourth-order valence-corrected chi connectivity index (χ4v) is 6.59. The van der Waals surface area contributed by atoms with Crippen molar-refractivity contribution in [1.29, 1.82) is 0 Å². The van der Waals surface area contributed by atoms with Crippen LogP contribution in [0.5, 0.6) is 5.75 Å². The summed E-state index contributed by atoms with van der Waals surface area (Å²) in [5.74, 6) is 0.595. The first-order chi connectivity index (χ1) is 16.5. The number of benzene rings is 1. The van der Waals surface area contributed by atoms with Crippen molar-refractivity contribution in [3.63, 3.8) is 0 Å². The first-order valence-electron chi connectivity index (χ1n) is 13.0. The van der Waals surface area contributed by atoms with Crippen LogP contribution in [0.1, 0.15) is 83.8 Å². The SMILES string of the molecule is CCCc1cc(/C=C/C(=O)OCCCCCCCC[Si](OCC)(OCC)OCC)ccc1OC. The van der Waals surface area contributed by atoms with E-state index >= 15 is 0 Å². The predicted molar refractivity (Wildman–Crippen MR) is 140 cm³/mol. The third-order valence-corrected chi connectivity index (χ3v) is 8.60. The van der Waals surface area contributed by atoms with Crippen molar-refractivity contribution in [2.75, 3.05) is 33.5 Å². The molecule has 0 aromatic heterocycles. The van der Waals surface area contributed by atoms with Crippen LogP contribution in [0.2, 0.25) is 6.04 Å². The van der Waals surface area contributed by atoms with Gasteiger partial charge in [-0.05, 0) is 69.4 Å². The molecule has 0 saturated carbocycles. The maximum atomic E-state index is 12.0. The van der Waals surface area contributed by atoms with E-state index in [1.54, 1.807) is 13.2 Å². The van der Waals surface area contributed by atoms with E-state index in [4.69, 9.17) is 22.8 Å². The number of carbonyl (C=O) groups is 1. The van der Waals surface area contributed by atoms with E-state index in [2.05, 4.69) is 13.0 Å². The molecule has 1 rings (SSSR count). The van der Waals surface area contributed by atoms with Crippen molar-refractivity contribution in [2.45, 2.75) is 85.1 Å². The Morgan fingerprint density at radius 1 is 0.882 bits per heavy atom. The molecular weight excluding hydrogens is 448 g/mol. The number of esters is 1. The highest BCUT2D eigenvalue weighted by Crippen LogP contribution is 2.22. The van der Waals surface area contributed by atoms with Crippen LogP contribution in [0.4, 0.5) is 0 Å². The number of rotatable bonds is 20. The van der Waals surface area contributed by atoms with Crippen LogP contribution < -0.4 is 4.74 Å². The Kier molecular flexibility index (Phi) is 16.6. The number of ether oxygens (including phenoxy) is 2. The second-order valence-corrected chi connectivity index (χ2v) is 10.9. The minimum atomic E-state index is -2.50. The van der Waals surface area contributed by atoms with Gasteiger partial charge >= 0.3 is 14.8 Å². The smallest absolute Gasteiger partial charge is 0.496 e. The second-order valence-electron chi connectivity index (χ2n) is 8.18. The molecule has 0 fully saturated rings. The lowest BCUT2D eigenvalue weighted by molar-refractivity contribution is -0.137. The number of hydrogen-bond donors (Lipinski definition) is 0. The van der Waals surface area contributed by atoms with Crippen molar-refractivity contribution < 1.29 is 27.5 Å². The molecule has 0 amide bonds. The van der Waals surface area contributed by atoms with E-state index in [0.29, 0.717) is 26.4 Å². The Labute approximate surface area is 208 Å². The first-order valence-corrected chi connectivity index (χ1v) is 14.9. The predicted octanol–water partition coefficient (Wildman–Crippen LogP) is 6.59. The maximum Gasteiger partial charge on any atom is 0.500 e. The fourth-order valence-electron chi connectivity index (χ4n) is 3.90. The van der Waals surface area contributed by atoms with Crippen LogP contribution >= 0.6 is 0 Å². The molecule has 0 unspecified atom stereocenters.